The van der Waals surface area contributed by atoms with Crippen molar-refractivity contribution in [3.05, 3.63) is 0 Å². The highest BCUT2D eigenvalue weighted by atomic mass is 32.2. The zero-order valence-corrected chi connectivity index (χ0v) is 8.47. The minimum Gasteiger partial charge on any atom is -0.480 e. The lowest BCUT2D eigenvalue weighted by atomic mass is 10.3. The third-order valence-corrected chi connectivity index (χ3v) is 2.26. The summed E-state index contributed by atoms with van der Waals surface area (Å²) in [6.45, 7) is 1.23. The van der Waals surface area contributed by atoms with Crippen LogP contribution in [0.15, 0.2) is 0 Å². The van der Waals surface area contributed by atoms with E-state index in [1.807, 2.05) is 0 Å². The molecule has 0 aliphatic carbocycles. The van der Waals surface area contributed by atoms with E-state index in [2.05, 4.69) is 5.32 Å². The van der Waals surface area contributed by atoms with Gasteiger partial charge in [-0.05, 0) is 0 Å². The predicted octanol–water partition coefficient (Wildman–Crippen LogP) is -1.21. The fourth-order valence-corrected chi connectivity index (χ4v) is 1.48. The smallest absolute Gasteiger partial charge is 0.327 e. The Morgan fingerprint density at radius 2 is 2.07 bits per heavy atom. The molecule has 0 aromatic carbocycles. The maximum absolute atomic E-state index is 10.6. The van der Waals surface area contributed by atoms with Gasteiger partial charge in [-0.15, -0.1) is 11.8 Å². The van der Waals surface area contributed by atoms with Gasteiger partial charge in [-0.25, -0.2) is 4.79 Å². The molecule has 80 valence electrons. The summed E-state index contributed by atoms with van der Waals surface area (Å²) in [5.74, 6) is -1.89. The van der Waals surface area contributed by atoms with Gasteiger partial charge in [0.05, 0.1) is 5.75 Å². The van der Waals surface area contributed by atoms with Crippen LogP contribution in [0.3, 0.4) is 0 Å². The van der Waals surface area contributed by atoms with Crippen LogP contribution in [0.1, 0.15) is 6.92 Å². The quantitative estimate of drug-likeness (QED) is 0.520. The minimum absolute atomic E-state index is 0.0450. The van der Waals surface area contributed by atoms with Gasteiger partial charge >= 0.3 is 5.97 Å². The van der Waals surface area contributed by atoms with Crippen LogP contribution in [-0.4, -0.2) is 40.4 Å². The van der Waals surface area contributed by atoms with E-state index in [-0.39, 0.29) is 11.5 Å². The van der Waals surface area contributed by atoms with Crippen LogP contribution < -0.4 is 11.1 Å². The lowest BCUT2D eigenvalue weighted by molar-refractivity contribution is -0.140. The monoisotopic (exact) mass is 220 g/mol. The lowest BCUT2D eigenvalue weighted by Gasteiger charge is -2.11. The number of nitrogens with one attached hydrogen (secondary N) is 1. The number of carbonyl (C=O) groups is 3. The van der Waals surface area contributed by atoms with Gasteiger partial charge in [-0.1, -0.05) is 0 Å². The van der Waals surface area contributed by atoms with Gasteiger partial charge in [0.1, 0.15) is 6.04 Å². The molecule has 0 saturated heterocycles. The zero-order valence-electron chi connectivity index (χ0n) is 7.65. The Kier molecular flexibility index (Phi) is 5.70. The summed E-state index contributed by atoms with van der Waals surface area (Å²) in [5.41, 5.74) is 4.86. The molecule has 0 radical (unpaired) electrons. The van der Waals surface area contributed by atoms with Crippen molar-refractivity contribution in [1.29, 1.82) is 0 Å². The summed E-state index contributed by atoms with van der Waals surface area (Å²) < 4.78 is 0. The number of rotatable bonds is 6. The maximum Gasteiger partial charge on any atom is 0.327 e. The Bertz CT molecular complexity index is 244. The number of amides is 2. The van der Waals surface area contributed by atoms with E-state index < -0.39 is 23.8 Å². The van der Waals surface area contributed by atoms with Crippen molar-refractivity contribution in [1.82, 2.24) is 5.32 Å². The van der Waals surface area contributed by atoms with Crippen molar-refractivity contribution in [3.8, 4) is 0 Å². The second-order valence-corrected chi connectivity index (χ2v) is 3.60. The van der Waals surface area contributed by atoms with Gasteiger partial charge in [-0.3, -0.25) is 9.59 Å². The van der Waals surface area contributed by atoms with Crippen LogP contribution in [0, 0.1) is 0 Å². The fourth-order valence-electron chi connectivity index (χ4n) is 0.697. The van der Waals surface area contributed by atoms with Crippen molar-refractivity contribution in [2.75, 3.05) is 11.5 Å². The van der Waals surface area contributed by atoms with Gasteiger partial charge in [0.15, 0.2) is 0 Å². The number of nitrogens with two attached hydrogens (primary N) is 1. The predicted molar refractivity (Wildman–Crippen MR) is 51.8 cm³/mol. The summed E-state index contributed by atoms with van der Waals surface area (Å²) in [5, 5.41) is 10.9. The third kappa shape index (κ3) is 6.30. The SMILES string of the molecule is CC(=O)NC(CSCC(N)=O)C(=O)O. The minimum atomic E-state index is -1.13. The Morgan fingerprint density at radius 3 is 2.43 bits per heavy atom. The summed E-state index contributed by atoms with van der Waals surface area (Å²) in [6, 6.07) is -0.975. The van der Waals surface area contributed by atoms with Crippen molar-refractivity contribution in [2.45, 2.75) is 13.0 Å². The molecule has 0 saturated carbocycles. The van der Waals surface area contributed by atoms with Crippen molar-refractivity contribution in [3.63, 3.8) is 0 Å². The largest absolute Gasteiger partial charge is 0.480 e. The Balaban J connectivity index is 3.91. The van der Waals surface area contributed by atoms with Crippen LogP contribution in [-0.2, 0) is 14.4 Å². The number of hydrogen-bond acceptors (Lipinski definition) is 4. The molecule has 1 unspecified atom stereocenters. The number of aliphatic carboxylic acids is 1. The van der Waals surface area contributed by atoms with Gasteiger partial charge in [-0.2, -0.15) is 0 Å². The number of thioether (sulfide) groups is 1. The van der Waals surface area contributed by atoms with Gasteiger partial charge in [0.25, 0.3) is 0 Å². The molecule has 6 nitrogen and oxygen atoms in total. The highest BCUT2D eigenvalue weighted by molar-refractivity contribution is 8.00. The normalized spacial score (nSPS) is 11.8. The molecule has 14 heavy (non-hydrogen) atoms. The van der Waals surface area contributed by atoms with E-state index in [0.29, 0.717) is 0 Å². The van der Waals surface area contributed by atoms with E-state index >= 15 is 0 Å². The van der Waals surface area contributed by atoms with Gasteiger partial charge in [0.2, 0.25) is 11.8 Å². The maximum atomic E-state index is 10.6. The molecule has 0 rings (SSSR count). The Hall–Kier alpha value is -1.24. The summed E-state index contributed by atoms with van der Waals surface area (Å²) in [6.07, 6.45) is 0. The number of primary amides is 1. The second kappa shape index (κ2) is 6.25. The number of carboxylic acid groups (broad SMARTS) is 1. The first kappa shape index (κ1) is 12.8. The number of carboxylic acids is 1. The van der Waals surface area contributed by atoms with Gasteiger partial charge < -0.3 is 16.2 Å². The van der Waals surface area contributed by atoms with Crippen LogP contribution >= 0.6 is 11.8 Å². The molecule has 0 spiro atoms. The highest BCUT2D eigenvalue weighted by Gasteiger charge is 2.18. The second-order valence-electron chi connectivity index (χ2n) is 2.57. The van der Waals surface area contributed by atoms with E-state index in [1.54, 1.807) is 0 Å². The molecule has 0 aliphatic heterocycles. The summed E-state index contributed by atoms with van der Waals surface area (Å²) in [7, 11) is 0. The molecule has 4 N–H and O–H groups in total. The molecule has 0 aromatic heterocycles. The average Bonchev–Trinajstić information content (AvgIpc) is 2.00. The van der Waals surface area contributed by atoms with Crippen LogP contribution in [0.5, 0.6) is 0 Å². The highest BCUT2D eigenvalue weighted by Crippen LogP contribution is 2.02. The van der Waals surface area contributed by atoms with Crippen LogP contribution in [0.4, 0.5) is 0 Å². The topological polar surface area (TPSA) is 109 Å². The fraction of sp³-hybridized carbons (Fsp3) is 0.571. The van der Waals surface area contributed by atoms with E-state index in [9.17, 15) is 14.4 Å². The molecule has 0 heterocycles. The molecule has 2 amide bonds. The molecule has 0 bridgehead atoms. The molecular weight excluding hydrogens is 208 g/mol. The van der Waals surface area contributed by atoms with Crippen molar-refractivity contribution >= 4 is 29.5 Å². The summed E-state index contributed by atoms with van der Waals surface area (Å²) >= 11 is 1.07. The first-order valence-electron chi connectivity index (χ1n) is 3.79. The van der Waals surface area contributed by atoms with Crippen molar-refractivity contribution < 1.29 is 19.5 Å². The van der Waals surface area contributed by atoms with E-state index in [4.69, 9.17) is 10.8 Å². The molecule has 0 aromatic rings. The first-order chi connectivity index (χ1) is 6.43. The summed E-state index contributed by atoms with van der Waals surface area (Å²) in [4.78, 5) is 31.5. The third-order valence-electron chi connectivity index (χ3n) is 1.20. The molecule has 0 fully saturated rings. The van der Waals surface area contributed by atoms with Crippen LogP contribution in [0.25, 0.3) is 0 Å². The lowest BCUT2D eigenvalue weighted by Crippen LogP contribution is -2.41. The van der Waals surface area contributed by atoms with Crippen molar-refractivity contribution in [2.24, 2.45) is 5.73 Å². The Morgan fingerprint density at radius 1 is 1.50 bits per heavy atom. The van der Waals surface area contributed by atoms with Gasteiger partial charge in [0, 0.05) is 12.7 Å². The molecule has 7 heteroatoms. The average molecular weight is 220 g/mol. The Labute approximate surface area is 85.2 Å². The molecule has 1 atom stereocenters. The van der Waals surface area contributed by atoms with Crippen LogP contribution in [0.2, 0.25) is 0 Å². The molecule has 0 aliphatic rings. The number of hydrogen-bond donors (Lipinski definition) is 3. The van der Waals surface area contributed by atoms with E-state index in [1.165, 1.54) is 6.92 Å². The molecular formula is C7H12N2O4S. The zero-order chi connectivity index (χ0) is 11.1. The first-order valence-corrected chi connectivity index (χ1v) is 4.95. The standard InChI is InChI=1S/C7H12N2O4S/c1-4(10)9-5(7(12)13)2-14-3-6(8)11/h5H,2-3H2,1H3,(H2,8,11)(H,9,10)(H,12,13). The van der Waals surface area contributed by atoms with E-state index in [0.717, 1.165) is 11.8 Å². The number of carbonyl (C=O) groups excluding carboxylic acids is 2.